The van der Waals surface area contributed by atoms with E-state index in [0.717, 1.165) is 40.8 Å². The van der Waals surface area contributed by atoms with Crippen LogP contribution in [0.25, 0.3) is 11.1 Å². The molecule has 0 saturated heterocycles. The van der Waals surface area contributed by atoms with Crippen LogP contribution < -0.4 is 10.9 Å². The molecule has 1 aromatic carbocycles. The van der Waals surface area contributed by atoms with Gasteiger partial charge >= 0.3 is 5.97 Å². The minimum absolute atomic E-state index is 0.0626. The third kappa shape index (κ3) is 8.11. The average Bonchev–Trinajstić information content (AvgIpc) is 2.90. The Morgan fingerprint density at radius 3 is 2.38 bits per heavy atom. The number of aromatic nitrogens is 2. The number of nitrogens with one attached hydrogen (secondary N) is 1. The van der Waals surface area contributed by atoms with E-state index in [1.54, 1.807) is 24.7 Å². The molecule has 2 heterocycles. The molecule has 3 rings (SSSR count). The van der Waals surface area contributed by atoms with Gasteiger partial charge in [-0.05, 0) is 86.7 Å². The molecule has 1 N–H and O–H groups in total. The molecule has 0 bridgehead atoms. The van der Waals surface area contributed by atoms with Crippen LogP contribution in [0.4, 0.5) is 0 Å². The second-order valence-electron chi connectivity index (χ2n) is 11.1. The summed E-state index contributed by atoms with van der Waals surface area (Å²) in [6.45, 7) is 8.94. The summed E-state index contributed by atoms with van der Waals surface area (Å²) in [7, 11) is 5.30. The van der Waals surface area contributed by atoms with Crippen molar-refractivity contribution in [3.8, 4) is 11.1 Å². The first-order valence-corrected chi connectivity index (χ1v) is 13.7. The fourth-order valence-electron chi connectivity index (χ4n) is 4.91. The predicted octanol–water partition coefficient (Wildman–Crippen LogP) is 4.64. The summed E-state index contributed by atoms with van der Waals surface area (Å²) < 4.78 is 6.44. The van der Waals surface area contributed by atoms with Gasteiger partial charge in [0.1, 0.15) is 6.04 Å². The van der Waals surface area contributed by atoms with Gasteiger partial charge in [0.05, 0.1) is 19.6 Å². The van der Waals surface area contributed by atoms with Crippen LogP contribution in [0.15, 0.2) is 59.8 Å². The first-order chi connectivity index (χ1) is 19.0. The van der Waals surface area contributed by atoms with Gasteiger partial charge in [0.25, 0.3) is 5.56 Å². The summed E-state index contributed by atoms with van der Waals surface area (Å²) in [5, 5.41) is 3.05. The summed E-state index contributed by atoms with van der Waals surface area (Å²) in [5.41, 5.74) is 5.58. The van der Waals surface area contributed by atoms with Crippen molar-refractivity contribution in [3.05, 3.63) is 87.6 Å². The first-order valence-electron chi connectivity index (χ1n) is 13.7. The quantitative estimate of drug-likeness (QED) is 0.333. The second-order valence-corrected chi connectivity index (χ2v) is 11.1. The van der Waals surface area contributed by atoms with Crippen LogP contribution in [0.2, 0.25) is 0 Å². The normalized spacial score (nSPS) is 12.8. The number of hydrogen-bond donors (Lipinski definition) is 1. The number of benzene rings is 1. The maximum Gasteiger partial charge on any atom is 0.307 e. The van der Waals surface area contributed by atoms with E-state index in [1.165, 1.54) is 11.7 Å². The van der Waals surface area contributed by atoms with Crippen LogP contribution in [0.5, 0.6) is 0 Å². The van der Waals surface area contributed by atoms with Crippen molar-refractivity contribution in [1.82, 2.24) is 19.8 Å². The van der Waals surface area contributed by atoms with Gasteiger partial charge in [-0.15, -0.1) is 0 Å². The minimum atomic E-state index is -0.731. The third-order valence-corrected chi connectivity index (χ3v) is 7.04. The Kier molecular flexibility index (Phi) is 10.8. The minimum Gasteiger partial charge on any atom is -0.469 e. The summed E-state index contributed by atoms with van der Waals surface area (Å²) >= 11 is 0. The van der Waals surface area contributed by atoms with Crippen molar-refractivity contribution in [2.24, 2.45) is 5.92 Å². The molecule has 2 aromatic heterocycles. The Bertz CT molecular complexity index is 1360. The highest BCUT2D eigenvalue weighted by molar-refractivity contribution is 5.82. The van der Waals surface area contributed by atoms with Gasteiger partial charge in [0, 0.05) is 36.8 Å². The lowest BCUT2D eigenvalue weighted by Gasteiger charge is -2.25. The smallest absolute Gasteiger partial charge is 0.307 e. The lowest BCUT2D eigenvalue weighted by Crippen LogP contribution is -2.40. The molecule has 0 aliphatic rings. The fourth-order valence-corrected chi connectivity index (χ4v) is 4.91. The number of ether oxygens (including phenoxy) is 1. The van der Waals surface area contributed by atoms with Crippen LogP contribution in [0, 0.1) is 19.8 Å². The number of carbonyl (C=O) groups is 2. The van der Waals surface area contributed by atoms with E-state index in [1.807, 2.05) is 72.1 Å². The van der Waals surface area contributed by atoms with Crippen molar-refractivity contribution >= 4 is 11.9 Å². The number of hydrogen-bond acceptors (Lipinski definition) is 6. The zero-order valence-electron chi connectivity index (χ0n) is 24.7. The molecular weight excluding hydrogens is 504 g/mol. The van der Waals surface area contributed by atoms with Crippen molar-refractivity contribution in [1.29, 1.82) is 0 Å². The number of amides is 1. The molecule has 0 radical (unpaired) electrons. The van der Waals surface area contributed by atoms with Crippen LogP contribution in [-0.2, 0) is 20.7 Å². The van der Waals surface area contributed by atoms with E-state index in [-0.39, 0.29) is 23.8 Å². The van der Waals surface area contributed by atoms with Crippen molar-refractivity contribution in [2.45, 2.75) is 59.0 Å². The molecule has 40 heavy (non-hydrogen) atoms. The van der Waals surface area contributed by atoms with Gasteiger partial charge in [-0.1, -0.05) is 32.0 Å². The SMILES string of the molecule is COC(=O)C[C@H](NC(=O)C(CC(C)C)n1ccc(CCN(C)C)cc1=O)c1cncc(-c2c(C)cccc2C)c1. The number of aryl methyl sites for hydroxylation is 2. The lowest BCUT2D eigenvalue weighted by molar-refractivity contribution is -0.141. The molecule has 8 nitrogen and oxygen atoms in total. The molecule has 3 aromatic rings. The lowest BCUT2D eigenvalue weighted by atomic mass is 9.94. The Hall–Kier alpha value is -3.78. The van der Waals surface area contributed by atoms with E-state index in [4.69, 9.17) is 4.74 Å². The van der Waals surface area contributed by atoms with E-state index in [0.29, 0.717) is 12.0 Å². The maximum absolute atomic E-state index is 13.8. The molecule has 2 atom stereocenters. The standard InChI is InChI=1S/C32H42N4O4/c1-21(2)15-28(36-14-12-24(16-29(36)37)11-13-35(5)6)32(39)34-27(18-30(38)40-7)25-17-26(20-33-19-25)31-22(3)9-8-10-23(31)4/h8-10,12,14,16-17,19-21,27-28H,11,13,15,18H2,1-7H3,(H,34,39)/t27-,28?/m0/s1. The maximum atomic E-state index is 13.8. The Labute approximate surface area is 237 Å². The van der Waals surface area contributed by atoms with Gasteiger partial charge in [-0.3, -0.25) is 19.4 Å². The van der Waals surface area contributed by atoms with E-state index in [9.17, 15) is 14.4 Å². The van der Waals surface area contributed by atoms with Crippen molar-refractivity contribution in [3.63, 3.8) is 0 Å². The van der Waals surface area contributed by atoms with Crippen molar-refractivity contribution in [2.75, 3.05) is 27.7 Å². The molecule has 1 unspecified atom stereocenters. The summed E-state index contributed by atoms with van der Waals surface area (Å²) in [4.78, 5) is 45.9. The van der Waals surface area contributed by atoms with E-state index < -0.39 is 18.1 Å². The average molecular weight is 547 g/mol. The molecule has 214 valence electrons. The van der Waals surface area contributed by atoms with E-state index in [2.05, 4.69) is 15.2 Å². The highest BCUT2D eigenvalue weighted by atomic mass is 16.5. The first kappa shape index (κ1) is 30.8. The molecule has 0 saturated carbocycles. The molecule has 8 heteroatoms. The Morgan fingerprint density at radius 1 is 1.07 bits per heavy atom. The largest absolute Gasteiger partial charge is 0.469 e. The zero-order valence-corrected chi connectivity index (χ0v) is 24.7. The summed E-state index contributed by atoms with van der Waals surface area (Å²) in [6.07, 6.45) is 6.30. The van der Waals surface area contributed by atoms with Gasteiger partial charge in [0.15, 0.2) is 0 Å². The highest BCUT2D eigenvalue weighted by Gasteiger charge is 2.27. The van der Waals surface area contributed by atoms with Gasteiger partial charge in [-0.25, -0.2) is 0 Å². The molecule has 0 fully saturated rings. The number of rotatable bonds is 12. The Morgan fingerprint density at radius 2 is 1.77 bits per heavy atom. The van der Waals surface area contributed by atoms with Gasteiger partial charge in [0.2, 0.25) is 5.91 Å². The topological polar surface area (TPSA) is 93.5 Å². The Balaban J connectivity index is 1.96. The molecular formula is C32H42N4O4. The second kappa shape index (κ2) is 14.0. The zero-order chi connectivity index (χ0) is 29.4. The number of methoxy groups -OCH3 is 1. The number of likely N-dealkylation sites (N-methyl/N-ethyl adjacent to an activating group) is 1. The van der Waals surface area contributed by atoms with Crippen LogP contribution in [0.3, 0.4) is 0 Å². The van der Waals surface area contributed by atoms with Gasteiger partial charge in [-0.2, -0.15) is 0 Å². The highest BCUT2D eigenvalue weighted by Crippen LogP contribution is 2.30. The monoisotopic (exact) mass is 546 g/mol. The molecule has 0 aliphatic carbocycles. The molecule has 0 aliphatic heterocycles. The molecule has 0 spiro atoms. The van der Waals surface area contributed by atoms with Crippen molar-refractivity contribution < 1.29 is 14.3 Å². The van der Waals surface area contributed by atoms with Gasteiger partial charge < -0.3 is 19.5 Å². The number of carbonyl (C=O) groups excluding carboxylic acids is 2. The predicted molar refractivity (Wildman–Crippen MR) is 158 cm³/mol. The summed E-state index contributed by atoms with van der Waals surface area (Å²) in [5.74, 6) is -0.627. The third-order valence-electron chi connectivity index (χ3n) is 7.04. The fraction of sp³-hybridized carbons (Fsp3) is 0.438. The van der Waals surface area contributed by atoms with Crippen LogP contribution in [0.1, 0.15) is 61.0 Å². The molecule has 1 amide bonds. The van der Waals surface area contributed by atoms with Crippen LogP contribution >= 0.6 is 0 Å². The summed E-state index contributed by atoms with van der Waals surface area (Å²) in [6, 6.07) is 10.2. The number of esters is 1. The van der Waals surface area contributed by atoms with E-state index >= 15 is 0 Å². The van der Waals surface area contributed by atoms with Crippen LogP contribution in [-0.4, -0.2) is 54.1 Å². The number of pyridine rings is 2. The number of nitrogens with zero attached hydrogens (tertiary/aromatic N) is 3.